The largest absolute Gasteiger partial charge is 0.354 e. The fraction of sp³-hybridized carbons (Fsp3) is 0.375. The van der Waals surface area contributed by atoms with E-state index in [9.17, 15) is 14.4 Å². The van der Waals surface area contributed by atoms with Gasteiger partial charge >= 0.3 is 0 Å². The second-order valence-electron chi connectivity index (χ2n) is 8.20. The quantitative estimate of drug-likeness (QED) is 0.768. The van der Waals surface area contributed by atoms with Crippen LogP contribution in [0.15, 0.2) is 48.5 Å². The van der Waals surface area contributed by atoms with Crippen LogP contribution in [0.1, 0.15) is 53.0 Å². The molecule has 0 aromatic heterocycles. The monoisotopic (exact) mass is 407 g/mol. The molecule has 2 aromatic rings. The van der Waals surface area contributed by atoms with E-state index in [0.29, 0.717) is 42.2 Å². The highest BCUT2D eigenvalue weighted by molar-refractivity contribution is 6.05. The van der Waals surface area contributed by atoms with Crippen LogP contribution in [0.25, 0.3) is 0 Å². The molecule has 3 amide bonds. The number of amides is 3. The van der Waals surface area contributed by atoms with Crippen LogP contribution in [0.3, 0.4) is 0 Å². The lowest BCUT2D eigenvalue weighted by atomic mass is 10.1. The van der Waals surface area contributed by atoms with Crippen LogP contribution in [-0.4, -0.2) is 41.8 Å². The summed E-state index contributed by atoms with van der Waals surface area (Å²) in [6.45, 7) is 7.18. The van der Waals surface area contributed by atoms with Gasteiger partial charge in [0.2, 0.25) is 5.91 Å². The second-order valence-corrected chi connectivity index (χ2v) is 8.20. The minimum absolute atomic E-state index is 0.0987. The van der Waals surface area contributed by atoms with Crippen LogP contribution < -0.4 is 10.6 Å². The van der Waals surface area contributed by atoms with E-state index in [1.807, 2.05) is 32.9 Å². The van der Waals surface area contributed by atoms with Crippen LogP contribution in [0.5, 0.6) is 0 Å². The first-order valence-electron chi connectivity index (χ1n) is 10.4. The lowest BCUT2D eigenvalue weighted by molar-refractivity contribution is -0.125. The molecule has 6 nitrogen and oxygen atoms in total. The van der Waals surface area contributed by atoms with Gasteiger partial charge in [-0.05, 0) is 56.0 Å². The molecule has 1 heterocycles. The van der Waals surface area contributed by atoms with Gasteiger partial charge in [-0.3, -0.25) is 14.4 Å². The number of carbonyl (C=O) groups is 3. The third kappa shape index (κ3) is 5.26. The van der Waals surface area contributed by atoms with Crippen LogP contribution in [0.2, 0.25) is 0 Å². The molecule has 158 valence electrons. The first kappa shape index (κ1) is 21.6. The summed E-state index contributed by atoms with van der Waals surface area (Å²) in [5.41, 5.74) is 2.64. The van der Waals surface area contributed by atoms with Gasteiger partial charge in [-0.25, -0.2) is 0 Å². The summed E-state index contributed by atoms with van der Waals surface area (Å²) in [6.07, 6.45) is 1.47. The average molecular weight is 408 g/mol. The van der Waals surface area contributed by atoms with Crippen LogP contribution in [-0.2, 0) is 4.79 Å². The van der Waals surface area contributed by atoms with Gasteiger partial charge in [-0.15, -0.1) is 0 Å². The Morgan fingerprint density at radius 2 is 1.80 bits per heavy atom. The summed E-state index contributed by atoms with van der Waals surface area (Å²) in [5, 5.41) is 5.77. The van der Waals surface area contributed by atoms with Gasteiger partial charge in [-0.1, -0.05) is 37.6 Å². The first-order valence-corrected chi connectivity index (χ1v) is 10.4. The highest BCUT2D eigenvalue weighted by Gasteiger charge is 2.34. The van der Waals surface area contributed by atoms with Crippen molar-refractivity contribution < 1.29 is 14.4 Å². The number of nitrogens with zero attached hydrogens (tertiary/aromatic N) is 1. The Bertz CT molecular complexity index is 922. The molecule has 1 atom stereocenters. The number of rotatable bonds is 6. The molecule has 1 saturated heterocycles. The van der Waals surface area contributed by atoms with E-state index in [1.54, 1.807) is 41.3 Å². The zero-order chi connectivity index (χ0) is 21.7. The molecule has 0 unspecified atom stereocenters. The van der Waals surface area contributed by atoms with Crippen LogP contribution >= 0.6 is 0 Å². The average Bonchev–Trinajstić information content (AvgIpc) is 3.22. The lowest BCUT2D eigenvalue weighted by Gasteiger charge is -2.24. The van der Waals surface area contributed by atoms with Gasteiger partial charge in [0, 0.05) is 29.9 Å². The molecule has 0 bridgehead atoms. The smallest absolute Gasteiger partial charge is 0.255 e. The highest BCUT2D eigenvalue weighted by atomic mass is 16.2. The van der Waals surface area contributed by atoms with Gasteiger partial charge in [0.05, 0.1) is 0 Å². The maximum Gasteiger partial charge on any atom is 0.255 e. The van der Waals surface area contributed by atoms with Crippen molar-refractivity contribution in [2.45, 2.75) is 39.7 Å². The number of hydrogen-bond donors (Lipinski definition) is 2. The molecule has 1 aliphatic rings. The SMILES string of the molecule is Cc1ccc(C(=O)Nc2cccc(C(=O)N3CCC[C@H]3C(=O)NCC(C)C)c2)cc1. The molecular weight excluding hydrogens is 378 g/mol. The van der Waals surface area contributed by atoms with Crippen molar-refractivity contribution in [3.05, 3.63) is 65.2 Å². The van der Waals surface area contributed by atoms with Gasteiger partial charge in [-0.2, -0.15) is 0 Å². The lowest BCUT2D eigenvalue weighted by Crippen LogP contribution is -2.46. The normalized spacial score (nSPS) is 15.9. The fourth-order valence-electron chi connectivity index (χ4n) is 3.51. The van der Waals surface area contributed by atoms with Crippen molar-refractivity contribution in [2.24, 2.45) is 5.92 Å². The highest BCUT2D eigenvalue weighted by Crippen LogP contribution is 2.22. The Labute approximate surface area is 177 Å². The molecule has 3 rings (SSSR count). The number of nitrogens with one attached hydrogen (secondary N) is 2. The van der Waals surface area contributed by atoms with E-state index >= 15 is 0 Å². The van der Waals surface area contributed by atoms with Crippen LogP contribution in [0, 0.1) is 12.8 Å². The van der Waals surface area contributed by atoms with Crippen molar-refractivity contribution in [2.75, 3.05) is 18.4 Å². The van der Waals surface area contributed by atoms with Gasteiger partial charge in [0.1, 0.15) is 6.04 Å². The predicted octanol–water partition coefficient (Wildman–Crippen LogP) is 3.62. The molecule has 30 heavy (non-hydrogen) atoms. The van der Waals surface area contributed by atoms with Gasteiger partial charge in [0.15, 0.2) is 0 Å². The van der Waals surface area contributed by atoms with E-state index in [-0.39, 0.29) is 17.7 Å². The topological polar surface area (TPSA) is 78.5 Å². The molecule has 1 aliphatic heterocycles. The number of anilines is 1. The minimum atomic E-state index is -0.443. The van der Waals surface area contributed by atoms with E-state index in [0.717, 1.165) is 12.0 Å². The van der Waals surface area contributed by atoms with Crippen molar-refractivity contribution in [3.63, 3.8) is 0 Å². The fourth-order valence-corrected chi connectivity index (χ4v) is 3.51. The van der Waals surface area contributed by atoms with E-state index in [4.69, 9.17) is 0 Å². The van der Waals surface area contributed by atoms with E-state index < -0.39 is 6.04 Å². The molecule has 2 aromatic carbocycles. The molecule has 2 N–H and O–H groups in total. The molecular formula is C24H29N3O3. The third-order valence-corrected chi connectivity index (χ3v) is 5.18. The molecule has 0 aliphatic carbocycles. The number of hydrogen-bond acceptors (Lipinski definition) is 3. The van der Waals surface area contributed by atoms with Crippen molar-refractivity contribution in [1.82, 2.24) is 10.2 Å². The summed E-state index contributed by atoms with van der Waals surface area (Å²) >= 11 is 0. The number of benzene rings is 2. The Morgan fingerprint density at radius 1 is 1.07 bits per heavy atom. The van der Waals surface area contributed by atoms with Gasteiger partial charge < -0.3 is 15.5 Å². The number of carbonyl (C=O) groups excluding carboxylic acids is 3. The third-order valence-electron chi connectivity index (χ3n) is 5.18. The van der Waals surface area contributed by atoms with Crippen molar-refractivity contribution >= 4 is 23.4 Å². The maximum absolute atomic E-state index is 13.1. The standard InChI is InChI=1S/C24H29N3O3/c1-16(2)15-25-23(29)21-8-5-13-27(21)24(30)19-6-4-7-20(14-19)26-22(28)18-11-9-17(3)10-12-18/h4,6-7,9-12,14,16,21H,5,8,13,15H2,1-3H3,(H,25,29)(H,26,28)/t21-/m0/s1. The summed E-state index contributed by atoms with van der Waals surface area (Å²) in [7, 11) is 0. The Hall–Kier alpha value is -3.15. The summed E-state index contributed by atoms with van der Waals surface area (Å²) in [4.78, 5) is 39.7. The van der Waals surface area contributed by atoms with Crippen molar-refractivity contribution in [3.8, 4) is 0 Å². The molecule has 6 heteroatoms. The first-order chi connectivity index (χ1) is 14.3. The Balaban J connectivity index is 1.70. The van der Waals surface area contributed by atoms with E-state index in [1.165, 1.54) is 0 Å². The van der Waals surface area contributed by atoms with Crippen LogP contribution in [0.4, 0.5) is 5.69 Å². The predicted molar refractivity (Wildman–Crippen MR) is 117 cm³/mol. The Kier molecular flexibility index (Phi) is 6.87. The molecule has 0 radical (unpaired) electrons. The number of aryl methyl sites for hydroxylation is 1. The summed E-state index contributed by atoms with van der Waals surface area (Å²) in [6, 6.07) is 13.7. The minimum Gasteiger partial charge on any atom is -0.354 e. The number of likely N-dealkylation sites (tertiary alicyclic amines) is 1. The Morgan fingerprint density at radius 3 is 2.50 bits per heavy atom. The van der Waals surface area contributed by atoms with Crippen molar-refractivity contribution in [1.29, 1.82) is 0 Å². The summed E-state index contributed by atoms with van der Waals surface area (Å²) < 4.78 is 0. The molecule has 0 saturated carbocycles. The maximum atomic E-state index is 13.1. The van der Waals surface area contributed by atoms with E-state index in [2.05, 4.69) is 10.6 Å². The molecule has 1 fully saturated rings. The molecule has 0 spiro atoms. The zero-order valence-corrected chi connectivity index (χ0v) is 17.8. The summed E-state index contributed by atoms with van der Waals surface area (Å²) in [5.74, 6) is -0.165. The van der Waals surface area contributed by atoms with Gasteiger partial charge in [0.25, 0.3) is 11.8 Å². The zero-order valence-electron chi connectivity index (χ0n) is 17.8. The second kappa shape index (κ2) is 9.57.